The van der Waals surface area contributed by atoms with Crippen molar-refractivity contribution < 1.29 is 13.2 Å². The van der Waals surface area contributed by atoms with Crippen molar-refractivity contribution in [1.82, 2.24) is 9.62 Å². The molecule has 1 heterocycles. The number of rotatable bonds is 6. The average Bonchev–Trinajstić information content (AvgIpc) is 2.89. The molecule has 1 fully saturated rings. The Kier molecular flexibility index (Phi) is 7.72. The van der Waals surface area contributed by atoms with Crippen LogP contribution in [-0.2, 0) is 10.0 Å². The highest BCUT2D eigenvalue weighted by atomic mass is 35.5. The maximum atomic E-state index is 13.0. The second kappa shape index (κ2) is 9.39. The summed E-state index contributed by atoms with van der Waals surface area (Å²) in [5.41, 5.74) is 0.207. The lowest BCUT2D eigenvalue weighted by atomic mass is 9.93. The van der Waals surface area contributed by atoms with Crippen LogP contribution in [0.25, 0.3) is 0 Å². The van der Waals surface area contributed by atoms with Gasteiger partial charge < -0.3 is 5.32 Å². The van der Waals surface area contributed by atoms with E-state index in [2.05, 4.69) is 5.32 Å². The van der Waals surface area contributed by atoms with Crippen LogP contribution in [0, 0.1) is 11.8 Å². The number of carbonyl (C=O) groups excluding carboxylic acids is 1. The van der Waals surface area contributed by atoms with Crippen LogP contribution in [0.15, 0.2) is 23.1 Å². The number of benzene rings is 1. The fourth-order valence-electron chi connectivity index (χ4n) is 3.60. The van der Waals surface area contributed by atoms with E-state index in [1.165, 1.54) is 22.5 Å². The molecule has 0 aromatic heterocycles. The molecular weight excluding hydrogens is 384 g/mol. The van der Waals surface area contributed by atoms with Crippen molar-refractivity contribution in [1.29, 1.82) is 0 Å². The van der Waals surface area contributed by atoms with Gasteiger partial charge in [0.25, 0.3) is 5.91 Å². The molecule has 1 N–H and O–H groups in total. The molecule has 0 aliphatic carbocycles. The second-order valence-electron chi connectivity index (χ2n) is 7.95. The van der Waals surface area contributed by atoms with Gasteiger partial charge in [-0.05, 0) is 42.9 Å². The Bertz CT molecular complexity index is 746. The summed E-state index contributed by atoms with van der Waals surface area (Å²) in [7, 11) is -3.62. The van der Waals surface area contributed by atoms with Crippen molar-refractivity contribution in [2.45, 2.75) is 64.3 Å². The molecule has 1 aromatic rings. The molecule has 5 nitrogen and oxygen atoms in total. The van der Waals surface area contributed by atoms with E-state index in [4.69, 9.17) is 11.6 Å². The van der Waals surface area contributed by atoms with Gasteiger partial charge in [0.1, 0.15) is 0 Å². The number of nitrogens with zero attached hydrogens (tertiary/aromatic N) is 1. The van der Waals surface area contributed by atoms with Crippen LogP contribution in [0.3, 0.4) is 0 Å². The van der Waals surface area contributed by atoms with Crippen LogP contribution < -0.4 is 5.32 Å². The average molecular weight is 415 g/mol. The summed E-state index contributed by atoms with van der Waals surface area (Å²) in [5, 5.41) is 3.27. The van der Waals surface area contributed by atoms with Gasteiger partial charge in [-0.3, -0.25) is 4.79 Å². The fourth-order valence-corrected chi connectivity index (χ4v) is 5.35. The minimum atomic E-state index is -3.62. The molecule has 27 heavy (non-hydrogen) atoms. The van der Waals surface area contributed by atoms with Crippen molar-refractivity contribution >= 4 is 27.5 Å². The van der Waals surface area contributed by atoms with Crippen molar-refractivity contribution in [3.63, 3.8) is 0 Å². The van der Waals surface area contributed by atoms with Crippen molar-refractivity contribution in [3.8, 4) is 0 Å². The number of nitrogens with one attached hydrogen (secondary N) is 1. The Morgan fingerprint density at radius 3 is 2.11 bits per heavy atom. The third-order valence-corrected chi connectivity index (χ3v) is 7.34. The van der Waals surface area contributed by atoms with Crippen LogP contribution in [0.4, 0.5) is 0 Å². The zero-order valence-electron chi connectivity index (χ0n) is 16.7. The highest BCUT2D eigenvalue weighted by Crippen LogP contribution is 2.25. The Balaban J connectivity index is 2.30. The van der Waals surface area contributed by atoms with Gasteiger partial charge in [0.2, 0.25) is 10.0 Å². The lowest BCUT2D eigenvalue weighted by molar-refractivity contribution is 0.0910. The maximum absolute atomic E-state index is 13.0. The third-order valence-electron chi connectivity index (χ3n) is 5.12. The van der Waals surface area contributed by atoms with E-state index in [1.54, 1.807) is 0 Å². The number of carbonyl (C=O) groups is 1. The Morgan fingerprint density at radius 1 is 1.04 bits per heavy atom. The second-order valence-corrected chi connectivity index (χ2v) is 10.3. The third kappa shape index (κ3) is 5.46. The number of hydrogen-bond acceptors (Lipinski definition) is 3. The quantitative estimate of drug-likeness (QED) is 0.753. The normalized spacial score (nSPS) is 16.7. The minimum absolute atomic E-state index is 0.0144. The molecule has 1 aliphatic heterocycles. The van der Waals surface area contributed by atoms with Crippen molar-refractivity contribution in [2.75, 3.05) is 13.1 Å². The molecule has 2 rings (SSSR count). The lowest BCUT2D eigenvalue weighted by Gasteiger charge is -2.26. The highest BCUT2D eigenvalue weighted by Gasteiger charge is 2.27. The first kappa shape index (κ1) is 22.2. The molecule has 1 aliphatic rings. The first-order chi connectivity index (χ1) is 12.6. The van der Waals surface area contributed by atoms with E-state index < -0.39 is 10.0 Å². The predicted molar refractivity (Wildman–Crippen MR) is 110 cm³/mol. The van der Waals surface area contributed by atoms with Crippen LogP contribution in [0.5, 0.6) is 0 Å². The fraction of sp³-hybridized carbons (Fsp3) is 0.650. The number of hydrogen-bond donors (Lipinski definition) is 1. The largest absolute Gasteiger partial charge is 0.349 e. The Labute approximate surface area is 168 Å². The minimum Gasteiger partial charge on any atom is -0.349 e. The van der Waals surface area contributed by atoms with Gasteiger partial charge in [-0.25, -0.2) is 8.42 Å². The first-order valence-corrected chi connectivity index (χ1v) is 11.6. The van der Waals surface area contributed by atoms with Gasteiger partial charge in [0.15, 0.2) is 0 Å². The molecule has 0 atom stereocenters. The van der Waals surface area contributed by atoms with Gasteiger partial charge >= 0.3 is 0 Å². The van der Waals surface area contributed by atoms with Crippen molar-refractivity contribution in [3.05, 3.63) is 28.8 Å². The van der Waals surface area contributed by atoms with Gasteiger partial charge in [-0.2, -0.15) is 4.31 Å². The molecule has 7 heteroatoms. The van der Waals surface area contributed by atoms with Gasteiger partial charge in [0, 0.05) is 19.1 Å². The molecular formula is C20H31ClN2O3S. The molecule has 0 spiro atoms. The van der Waals surface area contributed by atoms with Crippen molar-refractivity contribution in [2.24, 2.45) is 11.8 Å². The van der Waals surface area contributed by atoms with Crippen LogP contribution in [0.1, 0.15) is 63.7 Å². The zero-order valence-corrected chi connectivity index (χ0v) is 18.2. The number of halogens is 1. The first-order valence-electron chi connectivity index (χ1n) is 9.75. The molecule has 0 radical (unpaired) electrons. The van der Waals surface area contributed by atoms with Crippen LogP contribution >= 0.6 is 11.6 Å². The standard InChI is InChI=1S/C20H31ClN2O3S/c1-14(2)19(15(3)4)22-20(24)17-13-16(9-10-18(17)21)27(25,26)23-11-7-5-6-8-12-23/h9-10,13-15,19H,5-8,11-12H2,1-4H3,(H,22,24). The van der Waals surface area contributed by atoms with Crippen LogP contribution in [-0.4, -0.2) is 37.8 Å². The zero-order chi connectivity index (χ0) is 20.2. The van der Waals surface area contributed by atoms with E-state index in [9.17, 15) is 13.2 Å². The molecule has 152 valence electrons. The molecule has 0 bridgehead atoms. The van der Waals surface area contributed by atoms with E-state index in [-0.39, 0.29) is 39.3 Å². The summed E-state index contributed by atoms with van der Waals surface area (Å²) in [6.07, 6.45) is 3.83. The molecule has 1 amide bonds. The summed E-state index contributed by atoms with van der Waals surface area (Å²) in [5.74, 6) is 0.189. The lowest BCUT2D eigenvalue weighted by Crippen LogP contribution is -2.42. The van der Waals surface area contributed by atoms with E-state index in [0.29, 0.717) is 13.1 Å². The summed E-state index contributed by atoms with van der Waals surface area (Å²) < 4.78 is 27.6. The maximum Gasteiger partial charge on any atom is 0.253 e. The highest BCUT2D eigenvalue weighted by molar-refractivity contribution is 7.89. The van der Waals surface area contributed by atoms with Gasteiger partial charge in [0.05, 0.1) is 15.5 Å². The van der Waals surface area contributed by atoms with Crippen LogP contribution in [0.2, 0.25) is 5.02 Å². The molecule has 0 saturated carbocycles. The predicted octanol–water partition coefficient (Wildman–Crippen LogP) is 4.32. The van der Waals surface area contributed by atoms with E-state index >= 15 is 0 Å². The molecule has 0 unspecified atom stereocenters. The SMILES string of the molecule is CC(C)C(NC(=O)c1cc(S(=O)(=O)N2CCCCCC2)ccc1Cl)C(C)C. The summed E-state index contributed by atoms with van der Waals surface area (Å²) in [6.45, 7) is 9.24. The number of sulfonamides is 1. The van der Waals surface area contributed by atoms with Gasteiger partial charge in [-0.15, -0.1) is 0 Å². The Hall–Kier alpha value is -1.11. The summed E-state index contributed by atoms with van der Waals surface area (Å²) >= 11 is 6.23. The smallest absolute Gasteiger partial charge is 0.253 e. The molecule has 1 saturated heterocycles. The summed E-state index contributed by atoms with van der Waals surface area (Å²) in [6, 6.07) is 4.39. The van der Waals surface area contributed by atoms with Gasteiger partial charge in [-0.1, -0.05) is 52.1 Å². The monoisotopic (exact) mass is 414 g/mol. The summed E-state index contributed by atoms with van der Waals surface area (Å²) in [4.78, 5) is 12.9. The molecule has 1 aromatic carbocycles. The van der Waals surface area contributed by atoms with E-state index in [0.717, 1.165) is 25.7 Å². The Morgan fingerprint density at radius 2 is 1.59 bits per heavy atom. The topological polar surface area (TPSA) is 66.5 Å². The van der Waals surface area contributed by atoms with E-state index in [1.807, 2.05) is 27.7 Å². The number of amides is 1.